The maximum Gasteiger partial charge on any atom is 0.338 e. The fraction of sp³-hybridized carbons (Fsp3) is 0.233. The van der Waals surface area contributed by atoms with Gasteiger partial charge in [0.2, 0.25) is 5.91 Å². The average molecular weight is 562 g/mol. The number of hydrogen-bond donors (Lipinski definition) is 3. The van der Waals surface area contributed by atoms with Crippen molar-refractivity contribution in [2.75, 3.05) is 18.5 Å². The number of ketones is 1. The standard InChI is InChI=1S/C30H28FN3O7/c1-2-41-29(39)19-11-8-12-20(15-19)33-30(40)32-17-25(35)34-24(28(37)38)16-22(27(36)18-9-4-3-5-10-18)26(34)21-13-6-7-14-23(21)31/h3-15,22,24,26H,2,16-17H2,1H3,(H,37,38)(H2,32,33,40). The third kappa shape index (κ3) is 6.57. The molecule has 11 heteroatoms. The van der Waals surface area contributed by atoms with E-state index in [0.29, 0.717) is 5.56 Å². The van der Waals surface area contributed by atoms with Crippen LogP contribution in [0.5, 0.6) is 0 Å². The van der Waals surface area contributed by atoms with Gasteiger partial charge in [-0.1, -0.05) is 54.6 Å². The number of aliphatic carboxylic acids is 1. The number of carboxylic acid groups (broad SMARTS) is 1. The van der Waals surface area contributed by atoms with Crippen LogP contribution in [-0.4, -0.2) is 58.9 Å². The second-order valence-electron chi connectivity index (χ2n) is 9.30. The summed E-state index contributed by atoms with van der Waals surface area (Å²) in [6.45, 7) is 1.21. The highest BCUT2D eigenvalue weighted by molar-refractivity contribution is 6.01. The van der Waals surface area contributed by atoms with Crippen LogP contribution >= 0.6 is 0 Å². The SMILES string of the molecule is CCOC(=O)c1cccc(NC(=O)NCC(=O)N2C(C(=O)O)CC(C(=O)c3ccccc3)C2c2ccccc2F)c1. The van der Waals surface area contributed by atoms with Gasteiger partial charge in [0.25, 0.3) is 0 Å². The number of halogens is 1. The Labute approximate surface area is 235 Å². The molecule has 3 N–H and O–H groups in total. The summed E-state index contributed by atoms with van der Waals surface area (Å²) in [5, 5.41) is 14.9. The number of carbonyl (C=O) groups excluding carboxylic acids is 4. The number of benzene rings is 3. The molecular weight excluding hydrogens is 533 g/mol. The number of rotatable bonds is 9. The molecular formula is C30H28FN3O7. The lowest BCUT2D eigenvalue weighted by atomic mass is 9.86. The monoisotopic (exact) mass is 561 g/mol. The zero-order valence-corrected chi connectivity index (χ0v) is 22.1. The molecule has 212 valence electrons. The normalized spacial score (nSPS) is 17.9. The van der Waals surface area contributed by atoms with E-state index < -0.39 is 60.0 Å². The lowest BCUT2D eigenvalue weighted by Crippen LogP contribution is -2.47. The molecule has 3 unspecified atom stereocenters. The maximum atomic E-state index is 15.0. The molecule has 3 aromatic carbocycles. The summed E-state index contributed by atoms with van der Waals surface area (Å²) in [5.41, 5.74) is 0.769. The molecule has 1 fully saturated rings. The van der Waals surface area contributed by atoms with E-state index in [1.807, 2.05) is 0 Å². The first kappa shape index (κ1) is 28.9. The fourth-order valence-electron chi connectivity index (χ4n) is 4.93. The second-order valence-corrected chi connectivity index (χ2v) is 9.30. The van der Waals surface area contributed by atoms with E-state index in [1.165, 1.54) is 48.5 Å². The van der Waals surface area contributed by atoms with Crippen molar-refractivity contribution in [3.05, 3.63) is 101 Å². The summed E-state index contributed by atoms with van der Waals surface area (Å²) < 4.78 is 20.0. The first-order valence-electron chi connectivity index (χ1n) is 12.9. The highest BCUT2D eigenvalue weighted by Gasteiger charge is 2.51. The summed E-state index contributed by atoms with van der Waals surface area (Å²) in [5.74, 6) is -4.90. The molecule has 1 heterocycles. The van der Waals surface area contributed by atoms with Gasteiger partial charge in [-0.25, -0.2) is 18.8 Å². The van der Waals surface area contributed by atoms with E-state index in [2.05, 4.69) is 10.6 Å². The molecule has 1 aliphatic heterocycles. The predicted molar refractivity (Wildman–Crippen MR) is 146 cm³/mol. The Bertz CT molecular complexity index is 1460. The summed E-state index contributed by atoms with van der Waals surface area (Å²) in [7, 11) is 0. The van der Waals surface area contributed by atoms with Crippen LogP contribution in [0.3, 0.4) is 0 Å². The maximum absolute atomic E-state index is 15.0. The molecule has 4 rings (SSSR count). The third-order valence-corrected chi connectivity index (χ3v) is 6.72. The van der Waals surface area contributed by atoms with Crippen molar-refractivity contribution in [3.63, 3.8) is 0 Å². The summed E-state index contributed by atoms with van der Waals surface area (Å²) in [4.78, 5) is 64.7. The van der Waals surface area contributed by atoms with Crippen LogP contribution < -0.4 is 10.6 Å². The Morgan fingerprint density at radius 3 is 2.32 bits per heavy atom. The van der Waals surface area contributed by atoms with Crippen molar-refractivity contribution in [2.45, 2.75) is 25.4 Å². The van der Waals surface area contributed by atoms with Gasteiger partial charge in [-0.3, -0.25) is 9.59 Å². The molecule has 41 heavy (non-hydrogen) atoms. The minimum absolute atomic E-state index is 0.000821. The van der Waals surface area contributed by atoms with E-state index in [4.69, 9.17) is 4.74 Å². The first-order chi connectivity index (χ1) is 19.7. The van der Waals surface area contributed by atoms with Crippen LogP contribution in [0, 0.1) is 11.7 Å². The number of carboxylic acids is 1. The van der Waals surface area contributed by atoms with Crippen molar-refractivity contribution in [2.24, 2.45) is 5.92 Å². The van der Waals surface area contributed by atoms with Gasteiger partial charge in [0.05, 0.1) is 24.8 Å². The minimum Gasteiger partial charge on any atom is -0.480 e. The van der Waals surface area contributed by atoms with Gasteiger partial charge in [-0.2, -0.15) is 0 Å². The molecule has 10 nitrogen and oxygen atoms in total. The summed E-state index contributed by atoms with van der Waals surface area (Å²) in [6, 6.07) is 16.3. The van der Waals surface area contributed by atoms with Gasteiger partial charge < -0.3 is 25.4 Å². The lowest BCUT2D eigenvalue weighted by molar-refractivity contribution is -0.149. The first-order valence-corrected chi connectivity index (χ1v) is 12.9. The van der Waals surface area contributed by atoms with Crippen molar-refractivity contribution in [1.82, 2.24) is 10.2 Å². The van der Waals surface area contributed by atoms with Gasteiger partial charge >= 0.3 is 18.0 Å². The molecule has 0 bridgehead atoms. The number of amides is 3. The van der Waals surface area contributed by atoms with E-state index >= 15 is 4.39 Å². The molecule has 0 radical (unpaired) electrons. The fourth-order valence-corrected chi connectivity index (χ4v) is 4.93. The molecule has 1 saturated heterocycles. The zero-order chi connectivity index (χ0) is 29.5. The second kappa shape index (κ2) is 12.9. The van der Waals surface area contributed by atoms with E-state index in [-0.39, 0.29) is 29.8 Å². The Morgan fingerprint density at radius 1 is 0.951 bits per heavy atom. The van der Waals surface area contributed by atoms with Gasteiger partial charge in [-0.05, 0) is 37.6 Å². The van der Waals surface area contributed by atoms with Gasteiger partial charge in [0.1, 0.15) is 11.9 Å². The van der Waals surface area contributed by atoms with Crippen LogP contribution in [0.2, 0.25) is 0 Å². The number of esters is 1. The number of anilines is 1. The van der Waals surface area contributed by atoms with Crippen molar-refractivity contribution in [1.29, 1.82) is 0 Å². The Balaban J connectivity index is 1.56. The quantitative estimate of drug-likeness (QED) is 0.264. The number of likely N-dealkylation sites (tertiary alicyclic amines) is 1. The zero-order valence-electron chi connectivity index (χ0n) is 22.1. The third-order valence-electron chi connectivity index (χ3n) is 6.72. The van der Waals surface area contributed by atoms with E-state index in [0.717, 1.165) is 4.90 Å². The number of ether oxygens (including phenoxy) is 1. The van der Waals surface area contributed by atoms with E-state index in [1.54, 1.807) is 37.3 Å². The van der Waals surface area contributed by atoms with Crippen LogP contribution in [0.25, 0.3) is 0 Å². The van der Waals surface area contributed by atoms with Gasteiger partial charge in [0.15, 0.2) is 5.78 Å². The Kier molecular flexibility index (Phi) is 9.08. The molecule has 0 aromatic heterocycles. The summed E-state index contributed by atoms with van der Waals surface area (Å²) >= 11 is 0. The number of nitrogens with zero attached hydrogens (tertiary/aromatic N) is 1. The van der Waals surface area contributed by atoms with Crippen molar-refractivity contribution in [3.8, 4) is 0 Å². The van der Waals surface area contributed by atoms with Crippen LogP contribution in [-0.2, 0) is 14.3 Å². The molecule has 3 amide bonds. The van der Waals surface area contributed by atoms with E-state index in [9.17, 15) is 29.1 Å². The van der Waals surface area contributed by atoms with Crippen LogP contribution in [0.1, 0.15) is 45.7 Å². The van der Waals surface area contributed by atoms with Crippen LogP contribution in [0.4, 0.5) is 14.9 Å². The number of nitrogens with one attached hydrogen (secondary N) is 2. The van der Waals surface area contributed by atoms with Crippen molar-refractivity contribution >= 4 is 35.3 Å². The Morgan fingerprint density at radius 2 is 1.63 bits per heavy atom. The number of urea groups is 1. The van der Waals surface area contributed by atoms with Gasteiger partial charge in [0, 0.05) is 22.7 Å². The lowest BCUT2D eigenvalue weighted by Gasteiger charge is -2.30. The Hall–Kier alpha value is -5.06. The minimum atomic E-state index is -1.43. The molecule has 3 aromatic rings. The smallest absolute Gasteiger partial charge is 0.338 e. The van der Waals surface area contributed by atoms with Crippen LogP contribution in [0.15, 0.2) is 78.9 Å². The summed E-state index contributed by atoms with van der Waals surface area (Å²) in [6.07, 6.45) is -0.235. The largest absolute Gasteiger partial charge is 0.480 e. The molecule has 1 aliphatic rings. The predicted octanol–water partition coefficient (Wildman–Crippen LogP) is 4.05. The highest BCUT2D eigenvalue weighted by atomic mass is 19.1. The molecule has 0 spiro atoms. The average Bonchev–Trinajstić information content (AvgIpc) is 3.37. The number of carbonyl (C=O) groups is 5. The van der Waals surface area contributed by atoms with Gasteiger partial charge in [-0.15, -0.1) is 0 Å². The van der Waals surface area contributed by atoms with Crippen molar-refractivity contribution < 1.29 is 38.2 Å². The highest BCUT2D eigenvalue weighted by Crippen LogP contribution is 2.43. The topological polar surface area (TPSA) is 142 Å². The number of hydrogen-bond acceptors (Lipinski definition) is 6. The molecule has 0 saturated carbocycles. The number of Topliss-reactive ketones (excluding diaryl/α,β-unsaturated/α-hetero) is 1. The molecule has 0 aliphatic carbocycles. The molecule has 3 atom stereocenters.